The van der Waals surface area contributed by atoms with Crippen LogP contribution in [-0.4, -0.2) is 58.4 Å². The van der Waals surface area contributed by atoms with Crippen LogP contribution in [-0.2, 0) is 5.75 Å². The van der Waals surface area contributed by atoms with Crippen molar-refractivity contribution in [3.8, 4) is 0 Å². The molecule has 4 rings (SSSR count). The molecular formula is C22H26N4OS. The van der Waals surface area contributed by atoms with Crippen LogP contribution >= 0.6 is 11.8 Å². The zero-order valence-corrected chi connectivity index (χ0v) is 17.0. The Bertz CT molecular complexity index is 921. The number of aromatic amines is 1. The molecule has 0 atom stereocenters. The largest absolute Gasteiger partial charge is 0.337 e. The van der Waals surface area contributed by atoms with Crippen LogP contribution in [0.3, 0.4) is 0 Å². The maximum absolute atomic E-state index is 13.2. The average Bonchev–Trinajstić information content (AvgIpc) is 3.00. The number of rotatable bonds is 5. The summed E-state index contributed by atoms with van der Waals surface area (Å²) in [7, 11) is 0. The lowest BCUT2D eigenvalue weighted by molar-refractivity contribution is 0.0761. The Labute approximate surface area is 170 Å². The lowest BCUT2D eigenvalue weighted by Crippen LogP contribution is -2.35. The molecule has 5 nitrogen and oxygen atoms in total. The number of aromatic nitrogens is 2. The van der Waals surface area contributed by atoms with Crippen LogP contribution in [0.15, 0.2) is 53.7 Å². The Morgan fingerprint density at radius 2 is 1.89 bits per heavy atom. The molecule has 1 aliphatic heterocycles. The third kappa shape index (κ3) is 4.23. The minimum absolute atomic E-state index is 0.152. The van der Waals surface area contributed by atoms with Gasteiger partial charge in [0.05, 0.1) is 11.0 Å². The highest BCUT2D eigenvalue weighted by molar-refractivity contribution is 7.98. The third-order valence-corrected chi connectivity index (χ3v) is 6.22. The predicted octanol–water partition coefficient (Wildman–Crippen LogP) is 4.02. The van der Waals surface area contributed by atoms with E-state index in [0.29, 0.717) is 0 Å². The number of likely N-dealkylation sites (N-methyl/N-ethyl adjacent to an activating group) is 1. The van der Waals surface area contributed by atoms with Crippen molar-refractivity contribution in [1.29, 1.82) is 0 Å². The molecule has 2 heterocycles. The maximum atomic E-state index is 13.2. The second-order valence-electron chi connectivity index (χ2n) is 7.08. The molecule has 0 spiro atoms. The van der Waals surface area contributed by atoms with E-state index in [1.54, 1.807) is 11.8 Å². The van der Waals surface area contributed by atoms with Gasteiger partial charge in [0.25, 0.3) is 5.91 Å². The number of carbonyl (C=O) groups is 1. The van der Waals surface area contributed by atoms with Crippen molar-refractivity contribution in [3.63, 3.8) is 0 Å². The van der Waals surface area contributed by atoms with Crippen molar-refractivity contribution >= 4 is 28.7 Å². The van der Waals surface area contributed by atoms with Crippen LogP contribution in [0.1, 0.15) is 29.3 Å². The molecule has 2 aromatic carbocycles. The molecule has 0 aliphatic carbocycles. The summed E-state index contributed by atoms with van der Waals surface area (Å²) in [6.45, 7) is 6.90. The van der Waals surface area contributed by atoms with Gasteiger partial charge in [-0.15, -0.1) is 0 Å². The fourth-order valence-electron chi connectivity index (χ4n) is 3.66. The summed E-state index contributed by atoms with van der Waals surface area (Å²) < 4.78 is 0. The molecule has 0 saturated carbocycles. The number of thioether (sulfide) groups is 1. The molecule has 1 aromatic heterocycles. The lowest BCUT2D eigenvalue weighted by atomic mass is 10.1. The second kappa shape index (κ2) is 8.80. The van der Waals surface area contributed by atoms with E-state index >= 15 is 0 Å². The third-order valence-electron chi connectivity index (χ3n) is 5.30. The Balaban J connectivity index is 1.47. The van der Waals surface area contributed by atoms with Gasteiger partial charge in [0.15, 0.2) is 5.16 Å². The van der Waals surface area contributed by atoms with Crippen LogP contribution in [0.4, 0.5) is 0 Å². The van der Waals surface area contributed by atoms with E-state index in [9.17, 15) is 4.79 Å². The SMILES string of the molecule is CCN1CCCN(C(=O)c2ccccc2CSc2nc3ccccc3[nH]2)CC1. The van der Waals surface area contributed by atoms with Crippen LogP contribution in [0, 0.1) is 0 Å². The molecule has 0 bridgehead atoms. The summed E-state index contributed by atoms with van der Waals surface area (Å²) in [5.41, 5.74) is 3.89. The Hall–Kier alpha value is -2.31. The smallest absolute Gasteiger partial charge is 0.254 e. The highest BCUT2D eigenvalue weighted by Gasteiger charge is 2.21. The molecule has 1 aliphatic rings. The number of imidazole rings is 1. The fraction of sp³-hybridized carbons (Fsp3) is 0.364. The first-order valence-corrected chi connectivity index (χ1v) is 10.9. The minimum Gasteiger partial charge on any atom is -0.337 e. The molecule has 0 unspecified atom stereocenters. The Morgan fingerprint density at radius 1 is 1.07 bits per heavy atom. The summed E-state index contributed by atoms with van der Waals surface area (Å²) in [6, 6.07) is 16.0. The van der Waals surface area contributed by atoms with E-state index < -0.39 is 0 Å². The predicted molar refractivity (Wildman–Crippen MR) is 115 cm³/mol. The summed E-state index contributed by atoms with van der Waals surface area (Å²) in [4.78, 5) is 25.6. The zero-order chi connectivity index (χ0) is 19.3. The highest BCUT2D eigenvalue weighted by atomic mass is 32.2. The summed E-state index contributed by atoms with van der Waals surface area (Å²) in [6.07, 6.45) is 1.04. The number of benzene rings is 2. The van der Waals surface area contributed by atoms with Gasteiger partial charge in [0.1, 0.15) is 0 Å². The standard InChI is InChI=1S/C22H26N4OS/c1-2-25-12-7-13-26(15-14-25)21(27)18-9-4-3-8-17(18)16-28-22-23-19-10-5-6-11-20(19)24-22/h3-6,8-11H,2,7,12-16H2,1H3,(H,23,24). The fourth-order valence-corrected chi connectivity index (χ4v) is 4.55. The van der Waals surface area contributed by atoms with Crippen LogP contribution in [0.25, 0.3) is 11.0 Å². The second-order valence-corrected chi connectivity index (χ2v) is 8.05. The number of fused-ring (bicyclic) bond motifs is 1. The van der Waals surface area contributed by atoms with Crippen molar-refractivity contribution < 1.29 is 4.79 Å². The maximum Gasteiger partial charge on any atom is 0.254 e. The van der Waals surface area contributed by atoms with Gasteiger partial charge in [-0.2, -0.15) is 0 Å². The lowest BCUT2D eigenvalue weighted by Gasteiger charge is -2.22. The van der Waals surface area contributed by atoms with E-state index in [2.05, 4.69) is 27.9 Å². The first-order valence-electron chi connectivity index (χ1n) is 9.91. The van der Waals surface area contributed by atoms with E-state index in [4.69, 9.17) is 0 Å². The number of para-hydroxylation sites is 2. The highest BCUT2D eigenvalue weighted by Crippen LogP contribution is 2.25. The molecule has 1 saturated heterocycles. The first-order chi connectivity index (χ1) is 13.7. The number of amides is 1. The van der Waals surface area contributed by atoms with Crippen molar-refractivity contribution in [2.45, 2.75) is 24.3 Å². The van der Waals surface area contributed by atoms with E-state index in [-0.39, 0.29) is 5.91 Å². The summed E-state index contributed by atoms with van der Waals surface area (Å²) in [5.74, 6) is 0.871. The van der Waals surface area contributed by atoms with E-state index in [0.717, 1.165) is 72.2 Å². The Kier molecular flexibility index (Phi) is 5.98. The molecule has 146 valence electrons. The van der Waals surface area contributed by atoms with E-state index in [1.165, 1.54) is 0 Å². The van der Waals surface area contributed by atoms with Gasteiger partial charge >= 0.3 is 0 Å². The zero-order valence-electron chi connectivity index (χ0n) is 16.2. The number of nitrogens with one attached hydrogen (secondary N) is 1. The quantitative estimate of drug-likeness (QED) is 0.664. The topological polar surface area (TPSA) is 52.2 Å². The van der Waals surface area contributed by atoms with Crippen molar-refractivity contribution in [3.05, 3.63) is 59.7 Å². The number of H-pyrrole nitrogens is 1. The molecule has 0 radical (unpaired) electrons. The van der Waals surface area contributed by atoms with Gasteiger partial charge in [-0.1, -0.05) is 49.0 Å². The Morgan fingerprint density at radius 3 is 2.75 bits per heavy atom. The van der Waals surface area contributed by atoms with Crippen LogP contribution < -0.4 is 0 Å². The molecule has 1 amide bonds. The van der Waals surface area contributed by atoms with Crippen LogP contribution in [0.5, 0.6) is 0 Å². The number of nitrogens with zero attached hydrogens (tertiary/aromatic N) is 3. The van der Waals surface area contributed by atoms with Gasteiger partial charge in [0.2, 0.25) is 0 Å². The van der Waals surface area contributed by atoms with Gasteiger partial charge in [0, 0.05) is 31.0 Å². The molecule has 28 heavy (non-hydrogen) atoms. The van der Waals surface area contributed by atoms with E-state index in [1.807, 2.05) is 47.4 Å². The number of hydrogen-bond acceptors (Lipinski definition) is 4. The van der Waals surface area contributed by atoms with Gasteiger partial charge < -0.3 is 14.8 Å². The van der Waals surface area contributed by atoms with Crippen molar-refractivity contribution in [2.24, 2.45) is 0 Å². The van der Waals surface area contributed by atoms with Crippen molar-refractivity contribution in [2.75, 3.05) is 32.7 Å². The first kappa shape index (κ1) is 19.0. The van der Waals surface area contributed by atoms with Crippen LogP contribution in [0.2, 0.25) is 0 Å². The number of hydrogen-bond donors (Lipinski definition) is 1. The molecular weight excluding hydrogens is 368 g/mol. The molecule has 1 N–H and O–H groups in total. The molecule has 6 heteroatoms. The van der Waals surface area contributed by atoms with Gasteiger partial charge in [-0.05, 0) is 43.3 Å². The molecule has 1 fully saturated rings. The van der Waals surface area contributed by atoms with Gasteiger partial charge in [-0.3, -0.25) is 4.79 Å². The summed E-state index contributed by atoms with van der Waals surface area (Å²) in [5, 5.41) is 0.886. The summed E-state index contributed by atoms with van der Waals surface area (Å²) >= 11 is 1.64. The number of carbonyl (C=O) groups excluding carboxylic acids is 1. The monoisotopic (exact) mass is 394 g/mol. The minimum atomic E-state index is 0.152. The average molecular weight is 395 g/mol. The molecule has 3 aromatic rings. The van der Waals surface area contributed by atoms with Crippen molar-refractivity contribution in [1.82, 2.24) is 19.8 Å². The van der Waals surface area contributed by atoms with Gasteiger partial charge in [-0.25, -0.2) is 4.98 Å². The normalized spacial score (nSPS) is 15.7.